The lowest BCUT2D eigenvalue weighted by Gasteiger charge is -2.27. The van der Waals surface area contributed by atoms with Gasteiger partial charge >= 0.3 is 0 Å². The maximum Gasteiger partial charge on any atom is 0.290 e. The van der Waals surface area contributed by atoms with Crippen molar-refractivity contribution in [2.24, 2.45) is 11.8 Å². The molecule has 128 valence electrons. The van der Waals surface area contributed by atoms with Gasteiger partial charge in [-0.05, 0) is 12.8 Å². The van der Waals surface area contributed by atoms with Gasteiger partial charge in [0, 0.05) is 57.2 Å². The van der Waals surface area contributed by atoms with Gasteiger partial charge < -0.3 is 24.7 Å². The van der Waals surface area contributed by atoms with Gasteiger partial charge in [0.25, 0.3) is 6.47 Å². The molecule has 3 saturated heterocycles. The van der Waals surface area contributed by atoms with Crippen molar-refractivity contribution >= 4 is 29.1 Å². The van der Waals surface area contributed by atoms with Gasteiger partial charge in [-0.3, -0.25) is 4.79 Å². The van der Waals surface area contributed by atoms with E-state index in [4.69, 9.17) is 14.6 Å². The molecule has 2 bridgehead atoms. The molecule has 3 aliphatic heterocycles. The molecule has 8 nitrogen and oxygen atoms in total. The Morgan fingerprint density at radius 1 is 1.57 bits per heavy atom. The summed E-state index contributed by atoms with van der Waals surface area (Å²) in [6.07, 6.45) is 2.49. The molecule has 0 aliphatic carbocycles. The number of hydrogen-bond acceptors (Lipinski definition) is 8. The number of carbonyl (C=O) groups is 1. The summed E-state index contributed by atoms with van der Waals surface area (Å²) >= 11 is 1.45. The first-order chi connectivity index (χ1) is 11.0. The number of ether oxygens (including phenoxy) is 1. The molecule has 0 unspecified atom stereocenters. The van der Waals surface area contributed by atoms with Gasteiger partial charge in [0.15, 0.2) is 0 Å². The van der Waals surface area contributed by atoms with Crippen LogP contribution in [0.1, 0.15) is 12.8 Å². The number of anilines is 2. The third-order valence-corrected chi connectivity index (χ3v) is 5.84. The molecule has 3 aliphatic rings. The van der Waals surface area contributed by atoms with Gasteiger partial charge in [-0.25, -0.2) is 0 Å². The lowest BCUT2D eigenvalue weighted by Crippen LogP contribution is -2.37. The predicted octanol–water partition coefficient (Wildman–Crippen LogP) is 0.281. The number of fused-ring (bicyclic) bond motifs is 1. The number of carboxylic acid groups (broad SMARTS) is 1. The molecule has 0 amide bonds. The number of rotatable bonds is 3. The molecule has 4 rings (SSSR count). The van der Waals surface area contributed by atoms with Gasteiger partial charge in [0.05, 0.1) is 11.7 Å². The minimum atomic E-state index is -0.250. The van der Waals surface area contributed by atoms with Crippen LogP contribution in [0.2, 0.25) is 0 Å². The highest BCUT2D eigenvalue weighted by Gasteiger charge is 2.63. The van der Waals surface area contributed by atoms with Crippen molar-refractivity contribution in [3.05, 3.63) is 0 Å². The minimum Gasteiger partial charge on any atom is -0.483 e. The highest BCUT2D eigenvalue weighted by molar-refractivity contribution is 7.09. The van der Waals surface area contributed by atoms with Crippen molar-refractivity contribution in [3.63, 3.8) is 0 Å². The molecule has 0 aromatic carbocycles. The Balaban J connectivity index is 0.000000485. The maximum atomic E-state index is 9.64. The van der Waals surface area contributed by atoms with Gasteiger partial charge in [0.1, 0.15) is 0 Å². The number of nitrogens with zero attached hydrogens (tertiary/aromatic N) is 4. The molecule has 0 saturated carbocycles. The van der Waals surface area contributed by atoms with Crippen molar-refractivity contribution in [2.75, 3.05) is 43.6 Å². The van der Waals surface area contributed by atoms with Gasteiger partial charge in [-0.2, -0.15) is 9.36 Å². The molecule has 9 heteroatoms. The summed E-state index contributed by atoms with van der Waals surface area (Å²) < 4.78 is 10.6. The molecule has 1 spiro atoms. The van der Waals surface area contributed by atoms with E-state index in [0.29, 0.717) is 11.8 Å². The average Bonchev–Trinajstić information content (AvgIpc) is 3.25. The highest BCUT2D eigenvalue weighted by Crippen LogP contribution is 2.55. The number of aliphatic hydroxyl groups excluding tert-OH is 1. The van der Waals surface area contributed by atoms with E-state index in [-0.39, 0.29) is 24.8 Å². The summed E-state index contributed by atoms with van der Waals surface area (Å²) in [6, 6.07) is 0. The van der Waals surface area contributed by atoms with Crippen molar-refractivity contribution in [1.82, 2.24) is 9.36 Å². The Bertz CT molecular complexity index is 569. The van der Waals surface area contributed by atoms with Crippen LogP contribution in [-0.4, -0.2) is 71.5 Å². The maximum absolute atomic E-state index is 9.64. The van der Waals surface area contributed by atoms with Crippen LogP contribution in [0.3, 0.4) is 0 Å². The largest absolute Gasteiger partial charge is 0.483 e. The Morgan fingerprint density at radius 2 is 2.30 bits per heavy atom. The predicted molar refractivity (Wildman–Crippen MR) is 86.0 cm³/mol. The van der Waals surface area contributed by atoms with Crippen LogP contribution in [0.4, 0.5) is 11.1 Å². The zero-order valence-corrected chi connectivity index (χ0v) is 14.1. The summed E-state index contributed by atoms with van der Waals surface area (Å²) in [6.45, 7) is 1.82. The highest BCUT2D eigenvalue weighted by atomic mass is 32.1. The van der Waals surface area contributed by atoms with Crippen LogP contribution in [0.15, 0.2) is 0 Å². The lowest BCUT2D eigenvalue weighted by atomic mass is 9.74. The van der Waals surface area contributed by atoms with E-state index in [1.807, 2.05) is 19.0 Å². The van der Waals surface area contributed by atoms with E-state index in [1.54, 1.807) is 0 Å². The topological polar surface area (TPSA) is 99.0 Å². The van der Waals surface area contributed by atoms with E-state index < -0.39 is 0 Å². The average molecular weight is 342 g/mol. The van der Waals surface area contributed by atoms with Crippen molar-refractivity contribution in [2.45, 2.75) is 24.5 Å². The van der Waals surface area contributed by atoms with E-state index in [0.717, 1.165) is 37.0 Å². The van der Waals surface area contributed by atoms with E-state index >= 15 is 0 Å². The molecule has 1 aromatic rings. The van der Waals surface area contributed by atoms with E-state index in [1.165, 1.54) is 11.5 Å². The van der Waals surface area contributed by atoms with Gasteiger partial charge in [0.2, 0.25) is 11.1 Å². The Hall–Kier alpha value is -1.45. The summed E-state index contributed by atoms with van der Waals surface area (Å²) in [5.74, 6) is 1.51. The summed E-state index contributed by atoms with van der Waals surface area (Å²) in [5.41, 5.74) is -0.0397. The van der Waals surface area contributed by atoms with Crippen LogP contribution >= 0.6 is 11.5 Å². The minimum absolute atomic E-state index is 0.0397. The molecule has 4 atom stereocenters. The normalized spacial score (nSPS) is 34.0. The fourth-order valence-electron chi connectivity index (χ4n) is 4.10. The Kier molecular flexibility index (Phi) is 4.43. The SMILES string of the molecule is CN(C)c1nsc(N2C[C@H]3[C@@H](CO)[C@@H]4CC[C@@]3(C2)O4)n1.O=CO. The fraction of sp³-hybridized carbons (Fsp3) is 0.786. The van der Waals surface area contributed by atoms with Crippen molar-refractivity contribution in [1.29, 1.82) is 0 Å². The lowest BCUT2D eigenvalue weighted by molar-refractivity contribution is -0.122. The summed E-state index contributed by atoms with van der Waals surface area (Å²) in [4.78, 5) is 17.2. The molecule has 1 aromatic heterocycles. The molecule has 23 heavy (non-hydrogen) atoms. The second kappa shape index (κ2) is 6.21. The van der Waals surface area contributed by atoms with Crippen LogP contribution in [0.25, 0.3) is 0 Å². The Labute approximate surface area is 138 Å². The fourth-order valence-corrected chi connectivity index (χ4v) is 4.84. The molecule has 2 N–H and O–H groups in total. The van der Waals surface area contributed by atoms with Crippen LogP contribution in [0, 0.1) is 11.8 Å². The first-order valence-electron chi connectivity index (χ1n) is 7.67. The smallest absolute Gasteiger partial charge is 0.290 e. The first kappa shape index (κ1) is 16.4. The second-order valence-corrected chi connectivity index (χ2v) is 7.20. The van der Waals surface area contributed by atoms with Crippen molar-refractivity contribution in [3.8, 4) is 0 Å². The number of aromatic nitrogens is 2. The number of aliphatic hydroxyl groups is 1. The van der Waals surface area contributed by atoms with Crippen LogP contribution < -0.4 is 9.80 Å². The molecule has 4 heterocycles. The summed E-state index contributed by atoms with van der Waals surface area (Å²) in [7, 11) is 3.91. The third kappa shape index (κ3) is 2.66. The van der Waals surface area contributed by atoms with Crippen molar-refractivity contribution < 1.29 is 19.7 Å². The zero-order valence-electron chi connectivity index (χ0n) is 13.3. The van der Waals surface area contributed by atoms with Crippen LogP contribution in [0.5, 0.6) is 0 Å². The zero-order chi connectivity index (χ0) is 16.6. The van der Waals surface area contributed by atoms with E-state index in [9.17, 15) is 5.11 Å². The molecule has 0 radical (unpaired) electrons. The summed E-state index contributed by atoms with van der Waals surface area (Å²) in [5, 5.41) is 17.5. The van der Waals surface area contributed by atoms with Gasteiger partial charge in [-0.15, -0.1) is 0 Å². The van der Waals surface area contributed by atoms with Gasteiger partial charge in [-0.1, -0.05) is 0 Å². The van der Waals surface area contributed by atoms with E-state index in [2.05, 4.69) is 14.3 Å². The first-order valence-corrected chi connectivity index (χ1v) is 8.44. The number of hydrogen-bond donors (Lipinski definition) is 2. The second-order valence-electron chi connectivity index (χ2n) is 6.47. The molecular formula is C14H22N4O4S. The molecule has 3 fully saturated rings. The third-order valence-electron chi connectivity index (χ3n) is 5.07. The van der Waals surface area contributed by atoms with Crippen LogP contribution in [-0.2, 0) is 9.53 Å². The molecular weight excluding hydrogens is 320 g/mol. The quantitative estimate of drug-likeness (QED) is 0.756. The standard InChI is InChI=1S/C13H20N4O2S.CH2O2/c1-16(2)11-14-12(20-15-11)17-5-9-8(6-18)10-3-4-13(9,7-17)19-10;2-1-3/h8-10,18H,3-7H2,1-2H3;1H,(H,2,3)/t8-,9+,10+,13+;/m1./s1. The Morgan fingerprint density at radius 3 is 2.91 bits per heavy atom. The monoisotopic (exact) mass is 342 g/mol.